The molecule has 0 bridgehead atoms. The lowest BCUT2D eigenvalue weighted by atomic mass is 9.90. The van der Waals surface area contributed by atoms with Gasteiger partial charge in [-0.05, 0) is 30.5 Å². The van der Waals surface area contributed by atoms with Gasteiger partial charge in [-0.15, -0.1) is 0 Å². The summed E-state index contributed by atoms with van der Waals surface area (Å²) < 4.78 is 13.7. The average Bonchev–Trinajstić information content (AvgIpc) is 2.46. The molecule has 2 rings (SSSR count). The molecule has 0 spiro atoms. The Kier molecular flexibility index (Phi) is 4.16. The molecule has 1 atom stereocenters. The van der Waals surface area contributed by atoms with Gasteiger partial charge in [0.2, 0.25) is 0 Å². The van der Waals surface area contributed by atoms with E-state index < -0.39 is 5.60 Å². The second-order valence-electron chi connectivity index (χ2n) is 4.99. The van der Waals surface area contributed by atoms with E-state index in [-0.39, 0.29) is 5.82 Å². The molecule has 0 saturated heterocycles. The van der Waals surface area contributed by atoms with Crippen LogP contribution in [0.25, 0.3) is 11.1 Å². The summed E-state index contributed by atoms with van der Waals surface area (Å²) in [5, 5.41) is 18.9. The molecule has 0 aliphatic rings. The molecule has 2 aromatic carbocycles. The van der Waals surface area contributed by atoms with E-state index in [1.54, 1.807) is 49.4 Å². The zero-order valence-corrected chi connectivity index (χ0v) is 11.3. The van der Waals surface area contributed by atoms with Crippen molar-refractivity contribution in [1.29, 1.82) is 5.26 Å². The van der Waals surface area contributed by atoms with Crippen LogP contribution in [0.15, 0.2) is 48.5 Å². The largest absolute Gasteiger partial charge is 0.385 e. The molecule has 0 heterocycles. The van der Waals surface area contributed by atoms with Crippen LogP contribution in [-0.2, 0) is 5.60 Å². The van der Waals surface area contributed by atoms with Gasteiger partial charge in [0, 0.05) is 12.0 Å². The summed E-state index contributed by atoms with van der Waals surface area (Å²) in [6.07, 6.45) is 0.671. The van der Waals surface area contributed by atoms with Crippen molar-refractivity contribution in [1.82, 2.24) is 0 Å². The van der Waals surface area contributed by atoms with E-state index in [0.717, 1.165) is 11.1 Å². The highest BCUT2D eigenvalue weighted by Crippen LogP contribution is 2.29. The summed E-state index contributed by atoms with van der Waals surface area (Å²) in [4.78, 5) is 0. The van der Waals surface area contributed by atoms with Crippen LogP contribution >= 0.6 is 0 Å². The number of nitrogens with zero attached hydrogens (tertiary/aromatic N) is 1. The molecule has 0 amide bonds. The SMILES string of the molecule is CC(O)(CCC#N)c1ccc(-c2ccccc2F)cc1. The smallest absolute Gasteiger partial charge is 0.131 e. The van der Waals surface area contributed by atoms with Gasteiger partial charge in [0.25, 0.3) is 0 Å². The van der Waals surface area contributed by atoms with Crippen molar-refractivity contribution in [2.24, 2.45) is 0 Å². The summed E-state index contributed by atoms with van der Waals surface area (Å²) in [7, 11) is 0. The van der Waals surface area contributed by atoms with Gasteiger partial charge in [-0.3, -0.25) is 0 Å². The monoisotopic (exact) mass is 269 g/mol. The first-order valence-electron chi connectivity index (χ1n) is 6.49. The Hall–Kier alpha value is -2.18. The Balaban J connectivity index is 2.27. The van der Waals surface area contributed by atoms with Gasteiger partial charge in [-0.1, -0.05) is 42.5 Å². The first kappa shape index (κ1) is 14.2. The lowest BCUT2D eigenvalue weighted by Gasteiger charge is -2.22. The van der Waals surface area contributed by atoms with Crippen LogP contribution in [0, 0.1) is 17.1 Å². The minimum Gasteiger partial charge on any atom is -0.385 e. The van der Waals surface area contributed by atoms with Crippen molar-refractivity contribution in [2.75, 3.05) is 0 Å². The Bertz CT molecular complexity index is 626. The minimum absolute atomic E-state index is 0.267. The Morgan fingerprint density at radius 2 is 1.80 bits per heavy atom. The highest BCUT2D eigenvalue weighted by Gasteiger charge is 2.22. The third kappa shape index (κ3) is 3.04. The molecule has 0 aliphatic carbocycles. The first-order chi connectivity index (χ1) is 9.54. The van der Waals surface area contributed by atoms with E-state index in [1.807, 2.05) is 6.07 Å². The van der Waals surface area contributed by atoms with Crippen LogP contribution in [0.1, 0.15) is 25.3 Å². The van der Waals surface area contributed by atoms with Crippen molar-refractivity contribution >= 4 is 0 Å². The van der Waals surface area contributed by atoms with E-state index in [4.69, 9.17) is 5.26 Å². The van der Waals surface area contributed by atoms with Crippen LogP contribution in [0.4, 0.5) is 4.39 Å². The van der Waals surface area contributed by atoms with Crippen LogP contribution in [0.5, 0.6) is 0 Å². The van der Waals surface area contributed by atoms with Crippen molar-refractivity contribution in [3.63, 3.8) is 0 Å². The quantitative estimate of drug-likeness (QED) is 0.911. The molecule has 0 aliphatic heterocycles. The highest BCUT2D eigenvalue weighted by molar-refractivity contribution is 5.64. The van der Waals surface area contributed by atoms with E-state index in [1.165, 1.54) is 6.07 Å². The van der Waals surface area contributed by atoms with E-state index >= 15 is 0 Å². The molecule has 1 N–H and O–H groups in total. The first-order valence-corrected chi connectivity index (χ1v) is 6.49. The fourth-order valence-corrected chi connectivity index (χ4v) is 2.15. The summed E-state index contributed by atoms with van der Waals surface area (Å²) >= 11 is 0. The summed E-state index contributed by atoms with van der Waals surface area (Å²) in [6, 6.07) is 15.7. The lowest BCUT2D eigenvalue weighted by Crippen LogP contribution is -2.20. The zero-order valence-electron chi connectivity index (χ0n) is 11.3. The average molecular weight is 269 g/mol. The summed E-state index contributed by atoms with van der Waals surface area (Å²) in [5.74, 6) is -0.267. The topological polar surface area (TPSA) is 44.0 Å². The maximum absolute atomic E-state index is 13.7. The fourth-order valence-electron chi connectivity index (χ4n) is 2.15. The lowest BCUT2D eigenvalue weighted by molar-refractivity contribution is 0.0492. The maximum Gasteiger partial charge on any atom is 0.131 e. The van der Waals surface area contributed by atoms with Gasteiger partial charge in [-0.25, -0.2) is 4.39 Å². The van der Waals surface area contributed by atoms with Crippen molar-refractivity contribution in [3.05, 3.63) is 59.9 Å². The number of hydrogen-bond donors (Lipinski definition) is 1. The third-order valence-corrected chi connectivity index (χ3v) is 3.42. The molecule has 2 nitrogen and oxygen atoms in total. The van der Waals surface area contributed by atoms with Gasteiger partial charge in [-0.2, -0.15) is 5.26 Å². The predicted octanol–water partition coefficient (Wildman–Crippen LogP) is 4.00. The molecular formula is C17H16FNO. The molecular weight excluding hydrogens is 253 g/mol. The molecule has 0 fully saturated rings. The zero-order chi connectivity index (χ0) is 14.6. The van der Waals surface area contributed by atoms with Crippen LogP contribution in [-0.4, -0.2) is 5.11 Å². The number of hydrogen-bond acceptors (Lipinski definition) is 2. The summed E-state index contributed by atoms with van der Waals surface area (Å²) in [5.41, 5.74) is 0.996. The normalized spacial score (nSPS) is 13.5. The van der Waals surface area contributed by atoms with Crippen molar-refractivity contribution in [2.45, 2.75) is 25.4 Å². The number of rotatable bonds is 4. The molecule has 3 heteroatoms. The van der Waals surface area contributed by atoms with Crippen LogP contribution in [0.2, 0.25) is 0 Å². The number of halogens is 1. The minimum atomic E-state index is -1.04. The number of benzene rings is 2. The van der Waals surface area contributed by atoms with Gasteiger partial charge < -0.3 is 5.11 Å². The summed E-state index contributed by atoms with van der Waals surface area (Å²) in [6.45, 7) is 1.68. The molecule has 0 aromatic heterocycles. The molecule has 0 radical (unpaired) electrons. The fraction of sp³-hybridized carbons (Fsp3) is 0.235. The second-order valence-corrected chi connectivity index (χ2v) is 4.99. The Morgan fingerprint density at radius 3 is 2.40 bits per heavy atom. The Morgan fingerprint density at radius 1 is 1.15 bits per heavy atom. The van der Waals surface area contributed by atoms with Crippen LogP contribution < -0.4 is 0 Å². The van der Waals surface area contributed by atoms with Gasteiger partial charge in [0.1, 0.15) is 5.82 Å². The van der Waals surface area contributed by atoms with Gasteiger partial charge >= 0.3 is 0 Å². The maximum atomic E-state index is 13.7. The van der Waals surface area contributed by atoms with Crippen LogP contribution in [0.3, 0.4) is 0 Å². The Labute approximate surface area is 118 Å². The molecule has 2 aromatic rings. The third-order valence-electron chi connectivity index (χ3n) is 3.42. The molecule has 102 valence electrons. The second kappa shape index (κ2) is 5.85. The molecule has 20 heavy (non-hydrogen) atoms. The number of aliphatic hydroxyl groups is 1. The van der Waals surface area contributed by atoms with Gasteiger partial charge in [0.05, 0.1) is 11.7 Å². The highest BCUT2D eigenvalue weighted by atomic mass is 19.1. The van der Waals surface area contributed by atoms with Gasteiger partial charge in [0.15, 0.2) is 0 Å². The van der Waals surface area contributed by atoms with Crippen molar-refractivity contribution in [3.8, 4) is 17.2 Å². The standard InChI is InChI=1S/C17H16FNO/c1-17(20,11-4-12-19)14-9-7-13(8-10-14)15-5-2-3-6-16(15)18/h2-3,5-10,20H,4,11H2,1H3. The van der Waals surface area contributed by atoms with E-state index in [2.05, 4.69) is 0 Å². The van der Waals surface area contributed by atoms with E-state index in [0.29, 0.717) is 18.4 Å². The van der Waals surface area contributed by atoms with Crippen molar-refractivity contribution < 1.29 is 9.50 Å². The van der Waals surface area contributed by atoms with E-state index in [9.17, 15) is 9.50 Å². The number of nitriles is 1. The molecule has 1 unspecified atom stereocenters. The molecule has 0 saturated carbocycles. The predicted molar refractivity (Wildman–Crippen MR) is 76.3 cm³/mol.